The number of nitrogens with one attached hydrogen (secondary N) is 1. The monoisotopic (exact) mass is 259 g/mol. The van der Waals surface area contributed by atoms with E-state index in [0.29, 0.717) is 19.4 Å². The van der Waals surface area contributed by atoms with Crippen LogP contribution in [0.5, 0.6) is 0 Å². The molecule has 0 saturated carbocycles. The second-order valence-electron chi connectivity index (χ2n) is 3.53. The van der Waals surface area contributed by atoms with E-state index >= 15 is 0 Å². The molecule has 1 aliphatic heterocycles. The van der Waals surface area contributed by atoms with Gasteiger partial charge >= 0.3 is 51.4 Å². The Labute approximate surface area is 132 Å². The molecule has 82 valence electrons. The molecule has 0 aliphatic carbocycles. The summed E-state index contributed by atoms with van der Waals surface area (Å²) in [4.78, 5) is 10.1. The van der Waals surface area contributed by atoms with Crippen molar-refractivity contribution in [2.24, 2.45) is 0 Å². The number of rotatable bonds is 5. The van der Waals surface area contributed by atoms with E-state index in [1.54, 1.807) is 0 Å². The van der Waals surface area contributed by atoms with E-state index in [9.17, 15) is 18.3 Å². The van der Waals surface area contributed by atoms with Gasteiger partial charge in [-0.3, -0.25) is 0 Å². The number of carboxylic acids is 1. The standard InChI is InChI=1S/C8H15NO4S.K/c10-8(11)2-1-4-9-7-3-5-14(12,13)6-7;/h7,9H,1-6H2,(H,10,11);/q;+1/p-1. The molecule has 0 spiro atoms. The third-order valence-electron chi connectivity index (χ3n) is 2.22. The molecule has 1 N–H and O–H groups in total. The fourth-order valence-electron chi connectivity index (χ4n) is 1.49. The van der Waals surface area contributed by atoms with Crippen LogP contribution in [0.15, 0.2) is 0 Å². The van der Waals surface area contributed by atoms with Gasteiger partial charge in [-0.25, -0.2) is 8.42 Å². The van der Waals surface area contributed by atoms with E-state index in [4.69, 9.17) is 0 Å². The molecule has 0 aromatic heterocycles. The third kappa shape index (κ3) is 7.04. The quantitative estimate of drug-likeness (QED) is 0.396. The minimum atomic E-state index is -2.84. The van der Waals surface area contributed by atoms with Gasteiger partial charge in [-0.05, 0) is 25.8 Å². The number of carbonyl (C=O) groups is 1. The first-order valence-electron chi connectivity index (χ1n) is 4.63. The first-order chi connectivity index (χ1) is 6.49. The van der Waals surface area contributed by atoms with Gasteiger partial charge < -0.3 is 15.2 Å². The molecule has 0 bridgehead atoms. The molecule has 1 unspecified atom stereocenters. The Balaban J connectivity index is 0.00000196. The van der Waals surface area contributed by atoms with Crippen LogP contribution in [0, 0.1) is 0 Å². The smallest absolute Gasteiger partial charge is 0.550 e. The largest absolute Gasteiger partial charge is 1.00 e. The van der Waals surface area contributed by atoms with Crippen molar-refractivity contribution in [2.45, 2.75) is 25.3 Å². The number of carbonyl (C=O) groups excluding carboxylic acids is 1. The van der Waals surface area contributed by atoms with E-state index in [0.717, 1.165) is 0 Å². The Morgan fingerprint density at radius 2 is 2.13 bits per heavy atom. The number of carboxylic acid groups (broad SMARTS) is 1. The Kier molecular flexibility index (Phi) is 7.86. The van der Waals surface area contributed by atoms with Gasteiger partial charge in [0, 0.05) is 12.0 Å². The molecule has 0 radical (unpaired) electrons. The van der Waals surface area contributed by atoms with Crippen molar-refractivity contribution < 1.29 is 69.7 Å². The Hall–Kier alpha value is 1.02. The summed E-state index contributed by atoms with van der Waals surface area (Å²) < 4.78 is 22.1. The molecular formula is C8H14KNO4S. The van der Waals surface area contributed by atoms with Gasteiger partial charge in [0.1, 0.15) is 0 Å². The van der Waals surface area contributed by atoms with Crippen molar-refractivity contribution in [1.29, 1.82) is 0 Å². The van der Waals surface area contributed by atoms with Crippen LogP contribution in [0.25, 0.3) is 0 Å². The minimum Gasteiger partial charge on any atom is -0.550 e. The van der Waals surface area contributed by atoms with Gasteiger partial charge in [0.15, 0.2) is 9.84 Å². The summed E-state index contributed by atoms with van der Waals surface area (Å²) in [6, 6.07) is 0.00162. The maximum atomic E-state index is 11.0. The Morgan fingerprint density at radius 1 is 1.47 bits per heavy atom. The summed E-state index contributed by atoms with van der Waals surface area (Å²) in [5.74, 6) is -0.644. The van der Waals surface area contributed by atoms with Crippen molar-refractivity contribution in [3.05, 3.63) is 0 Å². The second kappa shape index (κ2) is 7.36. The first kappa shape index (κ1) is 16.0. The van der Waals surface area contributed by atoms with Crippen molar-refractivity contribution in [3.63, 3.8) is 0 Å². The molecule has 1 aliphatic rings. The van der Waals surface area contributed by atoms with Crippen LogP contribution < -0.4 is 61.8 Å². The topological polar surface area (TPSA) is 86.3 Å². The fourth-order valence-corrected chi connectivity index (χ4v) is 3.20. The minimum absolute atomic E-state index is 0. The number of aliphatic carboxylic acids is 1. The van der Waals surface area contributed by atoms with Crippen LogP contribution in [0.4, 0.5) is 0 Å². The molecule has 5 nitrogen and oxygen atoms in total. The maximum Gasteiger partial charge on any atom is 1.00 e. The number of hydrogen-bond donors (Lipinski definition) is 1. The number of hydrogen-bond acceptors (Lipinski definition) is 5. The van der Waals surface area contributed by atoms with E-state index in [1.165, 1.54) is 0 Å². The van der Waals surface area contributed by atoms with Crippen LogP contribution in [0.3, 0.4) is 0 Å². The average Bonchev–Trinajstić information content (AvgIpc) is 2.39. The molecule has 1 rings (SSSR count). The summed E-state index contributed by atoms with van der Waals surface area (Å²) in [5.41, 5.74) is 0. The molecule has 0 aromatic rings. The molecule has 7 heteroatoms. The van der Waals surface area contributed by atoms with Crippen molar-refractivity contribution in [3.8, 4) is 0 Å². The van der Waals surface area contributed by atoms with Crippen LogP contribution in [-0.4, -0.2) is 38.5 Å². The van der Waals surface area contributed by atoms with Crippen LogP contribution in [0.1, 0.15) is 19.3 Å². The van der Waals surface area contributed by atoms with E-state index in [1.807, 2.05) is 0 Å². The Bertz CT molecular complexity index is 304. The summed E-state index contributed by atoms with van der Waals surface area (Å²) in [6.45, 7) is 0.536. The normalized spacial score (nSPS) is 23.3. The molecule has 15 heavy (non-hydrogen) atoms. The summed E-state index contributed by atoms with van der Waals surface area (Å²) in [6.07, 6.45) is 1.14. The van der Waals surface area contributed by atoms with E-state index < -0.39 is 15.8 Å². The SMILES string of the molecule is O=C([O-])CCCNC1CCS(=O)(=O)C1.[K+]. The molecule has 0 amide bonds. The van der Waals surface area contributed by atoms with Gasteiger partial charge in [-0.15, -0.1) is 0 Å². The van der Waals surface area contributed by atoms with E-state index in [2.05, 4.69) is 5.32 Å². The molecule has 0 aromatic carbocycles. The average molecular weight is 259 g/mol. The van der Waals surface area contributed by atoms with Crippen LogP contribution in [-0.2, 0) is 14.6 Å². The number of sulfone groups is 1. The zero-order valence-corrected chi connectivity index (χ0v) is 12.8. The molecule has 1 atom stereocenters. The summed E-state index contributed by atoms with van der Waals surface area (Å²) >= 11 is 0. The van der Waals surface area contributed by atoms with Crippen molar-refractivity contribution in [2.75, 3.05) is 18.1 Å². The van der Waals surface area contributed by atoms with Crippen LogP contribution >= 0.6 is 0 Å². The van der Waals surface area contributed by atoms with Gasteiger partial charge in [0.2, 0.25) is 0 Å². The predicted molar refractivity (Wildman–Crippen MR) is 49.3 cm³/mol. The maximum absolute atomic E-state index is 11.0. The van der Waals surface area contributed by atoms with Gasteiger partial charge in [0.25, 0.3) is 0 Å². The molecule has 1 heterocycles. The van der Waals surface area contributed by atoms with Crippen molar-refractivity contribution in [1.82, 2.24) is 5.32 Å². The summed E-state index contributed by atoms with van der Waals surface area (Å²) in [7, 11) is -2.84. The van der Waals surface area contributed by atoms with Gasteiger partial charge in [0.05, 0.1) is 11.5 Å². The van der Waals surface area contributed by atoms with Crippen molar-refractivity contribution >= 4 is 15.8 Å². The Morgan fingerprint density at radius 3 is 2.60 bits per heavy atom. The fraction of sp³-hybridized carbons (Fsp3) is 0.875. The third-order valence-corrected chi connectivity index (χ3v) is 3.99. The van der Waals surface area contributed by atoms with Gasteiger partial charge in [-0.1, -0.05) is 0 Å². The van der Waals surface area contributed by atoms with Crippen LogP contribution in [0.2, 0.25) is 0 Å². The molecule has 1 fully saturated rings. The first-order valence-corrected chi connectivity index (χ1v) is 6.45. The molecular weight excluding hydrogens is 245 g/mol. The van der Waals surface area contributed by atoms with Gasteiger partial charge in [-0.2, -0.15) is 0 Å². The summed E-state index contributed by atoms with van der Waals surface area (Å²) in [5, 5.41) is 13.1. The zero-order chi connectivity index (χ0) is 10.6. The second-order valence-corrected chi connectivity index (χ2v) is 5.76. The zero-order valence-electron chi connectivity index (χ0n) is 8.86. The van der Waals surface area contributed by atoms with E-state index in [-0.39, 0.29) is 75.4 Å². The molecule has 1 saturated heterocycles. The predicted octanol–water partition coefficient (Wildman–Crippen LogP) is -4.70.